The molecule has 1 heterocycles. The third-order valence-electron chi connectivity index (χ3n) is 10.9. The molecule has 2 nitrogen and oxygen atoms in total. The van der Waals surface area contributed by atoms with Crippen molar-refractivity contribution in [2.75, 3.05) is 0 Å². The highest BCUT2D eigenvalue weighted by molar-refractivity contribution is 6.16. The fraction of sp³-hybridized carbons (Fsp3) is 0.0625. The van der Waals surface area contributed by atoms with E-state index in [2.05, 4.69) is 170 Å². The molecule has 1 aliphatic rings. The Morgan fingerprint density at radius 2 is 1.18 bits per heavy atom. The Balaban J connectivity index is 1.01. The van der Waals surface area contributed by atoms with Crippen molar-refractivity contribution >= 4 is 66.3 Å². The molecular weight excluding hydrogens is 605 g/mol. The van der Waals surface area contributed by atoms with E-state index in [-0.39, 0.29) is 5.41 Å². The minimum atomic E-state index is -0.0934. The average molecular weight is 637 g/mol. The standard InChI is InChI=1S/C48H32N2/c1-48(2)42-25-31(23-36-17-18-37-26-38(33-8-4-3-5-9-33)28-43(48)47(37)46(36)42)13-12-30-14-16-35-27-39(20-19-34(35)22-30)50-44-11-7-6-10-40(44)41-24-32(29-49)15-21-45(41)50/h3-28H,1-2H3. The van der Waals surface area contributed by atoms with Gasteiger partial charge in [0.25, 0.3) is 0 Å². The summed E-state index contributed by atoms with van der Waals surface area (Å²) in [6, 6.07) is 54.9. The molecule has 0 bridgehead atoms. The summed E-state index contributed by atoms with van der Waals surface area (Å²) in [5, 5.41) is 19.6. The van der Waals surface area contributed by atoms with Gasteiger partial charge in [0.2, 0.25) is 0 Å². The van der Waals surface area contributed by atoms with Crippen LogP contribution in [0.2, 0.25) is 0 Å². The SMILES string of the molecule is CC1(C)c2cc(C=Cc3ccc4cc(-n5c6ccccc6c6cc(C#N)ccc65)ccc4c3)cc3ccc4cc(-c5ccccc5)cc1c4c23. The molecule has 0 amide bonds. The van der Waals surface area contributed by atoms with Gasteiger partial charge in [-0.2, -0.15) is 5.26 Å². The lowest BCUT2D eigenvalue weighted by Crippen LogP contribution is -2.15. The molecule has 0 unspecified atom stereocenters. The summed E-state index contributed by atoms with van der Waals surface area (Å²) in [5.41, 5.74) is 11.7. The molecule has 0 fully saturated rings. The minimum absolute atomic E-state index is 0.0934. The van der Waals surface area contributed by atoms with Crippen molar-refractivity contribution in [1.82, 2.24) is 4.57 Å². The van der Waals surface area contributed by atoms with Crippen LogP contribution in [0, 0.1) is 11.3 Å². The van der Waals surface area contributed by atoms with E-state index >= 15 is 0 Å². The largest absolute Gasteiger partial charge is 0.309 e. The predicted octanol–water partition coefficient (Wildman–Crippen LogP) is 12.6. The van der Waals surface area contributed by atoms with Crippen molar-refractivity contribution in [2.45, 2.75) is 19.3 Å². The second kappa shape index (κ2) is 10.5. The van der Waals surface area contributed by atoms with Gasteiger partial charge >= 0.3 is 0 Å². The van der Waals surface area contributed by atoms with E-state index in [1.54, 1.807) is 0 Å². The predicted molar refractivity (Wildman–Crippen MR) is 211 cm³/mol. The number of nitrogens with zero attached hydrogens (tertiary/aromatic N) is 2. The fourth-order valence-corrected chi connectivity index (χ4v) is 8.38. The summed E-state index contributed by atoms with van der Waals surface area (Å²) < 4.78 is 2.30. The lowest BCUT2D eigenvalue weighted by molar-refractivity contribution is 0.663. The Morgan fingerprint density at radius 1 is 0.520 bits per heavy atom. The topological polar surface area (TPSA) is 28.7 Å². The monoisotopic (exact) mass is 636 g/mol. The van der Waals surface area contributed by atoms with Gasteiger partial charge in [0.1, 0.15) is 0 Å². The van der Waals surface area contributed by atoms with E-state index in [0.717, 1.165) is 27.5 Å². The highest BCUT2D eigenvalue weighted by Gasteiger charge is 2.34. The fourth-order valence-electron chi connectivity index (χ4n) is 8.38. The number of para-hydroxylation sites is 1. The van der Waals surface area contributed by atoms with Gasteiger partial charge in [0, 0.05) is 21.9 Å². The molecule has 0 N–H and O–H groups in total. The zero-order valence-electron chi connectivity index (χ0n) is 27.9. The van der Waals surface area contributed by atoms with Crippen molar-refractivity contribution in [3.8, 4) is 22.9 Å². The summed E-state index contributed by atoms with van der Waals surface area (Å²) in [7, 11) is 0. The molecule has 0 aliphatic heterocycles. The van der Waals surface area contributed by atoms with Gasteiger partial charge in [-0.05, 0) is 126 Å². The molecule has 1 aliphatic carbocycles. The summed E-state index contributed by atoms with van der Waals surface area (Å²) >= 11 is 0. The molecule has 1 aromatic heterocycles. The number of benzene rings is 8. The second-order valence-corrected chi connectivity index (χ2v) is 14.2. The van der Waals surface area contributed by atoms with Crippen LogP contribution < -0.4 is 0 Å². The minimum Gasteiger partial charge on any atom is -0.309 e. The number of fused-ring (bicyclic) bond motifs is 4. The molecule has 2 heteroatoms. The average Bonchev–Trinajstić information content (AvgIpc) is 3.61. The lowest BCUT2D eigenvalue weighted by atomic mass is 9.80. The first-order valence-electron chi connectivity index (χ1n) is 17.2. The van der Waals surface area contributed by atoms with Gasteiger partial charge in [-0.25, -0.2) is 0 Å². The third kappa shape index (κ3) is 4.20. The van der Waals surface area contributed by atoms with Gasteiger partial charge in [0.15, 0.2) is 0 Å². The van der Waals surface area contributed by atoms with Gasteiger partial charge in [-0.3, -0.25) is 0 Å². The molecule has 234 valence electrons. The highest BCUT2D eigenvalue weighted by Crippen LogP contribution is 2.50. The van der Waals surface area contributed by atoms with Crippen molar-refractivity contribution in [1.29, 1.82) is 5.26 Å². The number of rotatable bonds is 4. The number of hydrogen-bond donors (Lipinski definition) is 0. The molecule has 0 atom stereocenters. The van der Waals surface area contributed by atoms with Crippen LogP contribution in [0.3, 0.4) is 0 Å². The molecule has 9 aromatic rings. The highest BCUT2D eigenvalue weighted by atomic mass is 15.0. The van der Waals surface area contributed by atoms with Gasteiger partial charge in [0.05, 0.1) is 22.7 Å². The molecule has 50 heavy (non-hydrogen) atoms. The molecule has 0 saturated heterocycles. The van der Waals surface area contributed by atoms with Crippen LogP contribution in [0.25, 0.3) is 83.1 Å². The Kier molecular flexibility index (Phi) is 6.02. The molecule has 8 aromatic carbocycles. The molecule has 0 spiro atoms. The maximum Gasteiger partial charge on any atom is 0.0991 e. The van der Waals surface area contributed by atoms with E-state index in [1.807, 2.05) is 12.1 Å². The van der Waals surface area contributed by atoms with Crippen molar-refractivity contribution in [3.05, 3.63) is 173 Å². The Hall–Kier alpha value is -6.43. The smallest absolute Gasteiger partial charge is 0.0991 e. The van der Waals surface area contributed by atoms with Crippen LogP contribution in [0.5, 0.6) is 0 Å². The van der Waals surface area contributed by atoms with Crippen LogP contribution >= 0.6 is 0 Å². The normalized spacial score (nSPS) is 13.5. The quantitative estimate of drug-likeness (QED) is 0.140. The summed E-state index contributed by atoms with van der Waals surface area (Å²) in [4.78, 5) is 0. The Morgan fingerprint density at radius 3 is 2.02 bits per heavy atom. The van der Waals surface area contributed by atoms with Crippen LogP contribution in [-0.4, -0.2) is 4.57 Å². The second-order valence-electron chi connectivity index (χ2n) is 14.2. The number of hydrogen-bond acceptors (Lipinski definition) is 1. The number of nitriles is 1. The molecular formula is C48H32N2. The number of aromatic nitrogens is 1. The molecule has 0 saturated carbocycles. The zero-order valence-corrected chi connectivity index (χ0v) is 27.9. The Bertz CT molecular complexity index is 2950. The van der Waals surface area contributed by atoms with E-state index in [9.17, 15) is 5.26 Å². The van der Waals surface area contributed by atoms with Crippen molar-refractivity contribution in [2.24, 2.45) is 0 Å². The molecule has 0 radical (unpaired) electrons. The van der Waals surface area contributed by atoms with E-state index in [0.29, 0.717) is 5.56 Å². The lowest BCUT2D eigenvalue weighted by Gasteiger charge is -2.23. The first kappa shape index (κ1) is 28.6. The van der Waals surface area contributed by atoms with Gasteiger partial charge in [-0.15, -0.1) is 0 Å². The van der Waals surface area contributed by atoms with Crippen molar-refractivity contribution in [3.63, 3.8) is 0 Å². The summed E-state index contributed by atoms with van der Waals surface area (Å²) in [5.74, 6) is 0. The van der Waals surface area contributed by atoms with Crippen molar-refractivity contribution < 1.29 is 0 Å². The molecule has 10 rings (SSSR count). The first-order chi connectivity index (χ1) is 24.5. The Labute approximate surface area is 290 Å². The van der Waals surface area contributed by atoms with Crippen LogP contribution in [0.4, 0.5) is 0 Å². The van der Waals surface area contributed by atoms with E-state index < -0.39 is 0 Å². The first-order valence-corrected chi connectivity index (χ1v) is 17.2. The summed E-state index contributed by atoms with van der Waals surface area (Å²) in [6.07, 6.45) is 4.50. The van der Waals surface area contributed by atoms with Crippen LogP contribution in [0.1, 0.15) is 41.7 Å². The maximum atomic E-state index is 9.53. The maximum absolute atomic E-state index is 9.53. The van der Waals surface area contributed by atoms with Crippen LogP contribution in [-0.2, 0) is 5.41 Å². The van der Waals surface area contributed by atoms with E-state index in [1.165, 1.54) is 65.7 Å². The van der Waals surface area contributed by atoms with Gasteiger partial charge < -0.3 is 4.57 Å². The zero-order chi connectivity index (χ0) is 33.6. The van der Waals surface area contributed by atoms with E-state index in [4.69, 9.17) is 0 Å². The third-order valence-corrected chi connectivity index (χ3v) is 10.9. The summed E-state index contributed by atoms with van der Waals surface area (Å²) in [6.45, 7) is 4.75. The van der Waals surface area contributed by atoms with Crippen LogP contribution in [0.15, 0.2) is 146 Å². The van der Waals surface area contributed by atoms with Gasteiger partial charge in [-0.1, -0.05) is 111 Å².